The average Bonchev–Trinajstić information content (AvgIpc) is 3.13. The standard InChI is InChI=1S/C42H53F2N4O5.BrH/c1-5-46(33-23-31(43)22-32(44)24-33)42(50)39-29-47(34-25-36(51-6-2)27-37(26-34)53-30(3)4)40-28-35(12-13-38(40)41(39)49)52-21-11-9-7-8-10-17-48-18-14-45(15-19-48)16-20-48;/h12-13,22-30H,5-11,14-21H2,1-4H3;1H/q+1;/p-1. The molecule has 3 aliphatic heterocycles. The molecule has 2 bridgehead atoms. The first-order valence-electron chi connectivity index (χ1n) is 19.2. The largest absolute Gasteiger partial charge is 1.00 e. The molecule has 0 aliphatic carbocycles. The number of pyridine rings is 1. The number of quaternary nitrogens is 1. The Labute approximate surface area is 327 Å². The van der Waals surface area contributed by atoms with E-state index in [0.717, 1.165) is 31.0 Å². The normalized spacial score (nSPS) is 17.7. The molecule has 3 aromatic carbocycles. The summed E-state index contributed by atoms with van der Waals surface area (Å²) in [6.07, 6.45) is 7.07. The van der Waals surface area contributed by atoms with Crippen molar-refractivity contribution in [1.82, 2.24) is 9.47 Å². The first kappa shape index (κ1) is 41.2. The van der Waals surface area contributed by atoms with E-state index in [4.69, 9.17) is 14.2 Å². The lowest BCUT2D eigenvalue weighted by Gasteiger charge is -2.50. The minimum atomic E-state index is -0.820. The van der Waals surface area contributed by atoms with E-state index in [1.54, 1.807) is 29.7 Å². The number of rotatable bonds is 17. The third-order valence-electron chi connectivity index (χ3n) is 10.5. The van der Waals surface area contributed by atoms with Crippen LogP contribution in [0.5, 0.6) is 17.2 Å². The van der Waals surface area contributed by atoms with Crippen molar-refractivity contribution in [2.75, 3.05) is 70.5 Å². The monoisotopic (exact) mass is 810 g/mol. The number of ether oxygens (including phenoxy) is 3. The summed E-state index contributed by atoms with van der Waals surface area (Å²) >= 11 is 0. The molecule has 0 atom stereocenters. The number of unbranched alkanes of at least 4 members (excludes halogenated alkanes) is 4. The van der Waals surface area contributed by atoms with Gasteiger partial charge in [0.2, 0.25) is 5.43 Å². The number of carbonyl (C=O) groups is 1. The highest BCUT2D eigenvalue weighted by molar-refractivity contribution is 6.07. The van der Waals surface area contributed by atoms with Crippen LogP contribution >= 0.6 is 0 Å². The molecule has 7 rings (SSSR count). The van der Waals surface area contributed by atoms with Gasteiger partial charge in [-0.25, -0.2) is 8.78 Å². The van der Waals surface area contributed by atoms with Crippen LogP contribution in [-0.2, 0) is 0 Å². The van der Waals surface area contributed by atoms with Crippen LogP contribution in [0.4, 0.5) is 14.5 Å². The van der Waals surface area contributed by atoms with Crippen molar-refractivity contribution < 1.29 is 49.3 Å². The summed E-state index contributed by atoms with van der Waals surface area (Å²) in [4.78, 5) is 31.9. The zero-order valence-corrected chi connectivity index (χ0v) is 33.5. The molecule has 12 heteroatoms. The summed E-state index contributed by atoms with van der Waals surface area (Å²) < 4.78 is 49.7. The lowest BCUT2D eigenvalue weighted by Crippen LogP contribution is -3.00. The number of fused-ring (bicyclic) bond motifs is 4. The number of carbonyl (C=O) groups excluding carboxylic acids is 1. The van der Waals surface area contributed by atoms with E-state index in [1.165, 1.54) is 80.7 Å². The number of halogens is 3. The molecule has 1 aromatic heterocycles. The van der Waals surface area contributed by atoms with E-state index in [1.807, 2.05) is 39.0 Å². The topological polar surface area (TPSA) is 73.2 Å². The molecule has 292 valence electrons. The van der Waals surface area contributed by atoms with E-state index in [9.17, 15) is 18.4 Å². The molecule has 4 aromatic rings. The van der Waals surface area contributed by atoms with Gasteiger partial charge in [0.25, 0.3) is 5.91 Å². The molecule has 3 aliphatic rings. The van der Waals surface area contributed by atoms with Crippen molar-refractivity contribution in [3.8, 4) is 22.9 Å². The van der Waals surface area contributed by atoms with Gasteiger partial charge in [0, 0.05) is 73.8 Å². The SMILES string of the molecule is CCOc1cc(OC(C)C)cc(-n2cc(C(=O)N(CC)c3cc(F)cc(F)c3)c(=O)c3ccc(OCCCCCCC[N+]45CCN(CC4)CC5)cc32)c1.[Br-]. The number of hydrogen-bond acceptors (Lipinski definition) is 6. The van der Waals surface area contributed by atoms with Gasteiger partial charge in [-0.05, 0) is 71.2 Å². The molecule has 54 heavy (non-hydrogen) atoms. The molecule has 3 fully saturated rings. The Balaban J connectivity index is 0.00000561. The number of hydrogen-bond donors (Lipinski definition) is 0. The average molecular weight is 812 g/mol. The summed E-state index contributed by atoms with van der Waals surface area (Å²) in [5.74, 6) is -0.601. The summed E-state index contributed by atoms with van der Waals surface area (Å²) in [6.45, 7) is 17.5. The molecule has 9 nitrogen and oxygen atoms in total. The minimum Gasteiger partial charge on any atom is -1.00 e. The highest BCUT2D eigenvalue weighted by atomic mass is 79.9. The van der Waals surface area contributed by atoms with Gasteiger partial charge >= 0.3 is 0 Å². The van der Waals surface area contributed by atoms with Gasteiger partial charge in [0.1, 0.15) is 34.4 Å². The van der Waals surface area contributed by atoms with Crippen LogP contribution in [0.2, 0.25) is 0 Å². The van der Waals surface area contributed by atoms with Gasteiger partial charge in [0.05, 0.1) is 56.7 Å². The predicted molar refractivity (Wildman–Crippen MR) is 205 cm³/mol. The van der Waals surface area contributed by atoms with E-state index in [-0.39, 0.29) is 40.9 Å². The Morgan fingerprint density at radius 3 is 2.17 bits per heavy atom. The zero-order valence-electron chi connectivity index (χ0n) is 31.9. The fourth-order valence-electron chi connectivity index (χ4n) is 7.67. The smallest absolute Gasteiger partial charge is 0.263 e. The van der Waals surface area contributed by atoms with Crippen molar-refractivity contribution in [1.29, 1.82) is 0 Å². The molecule has 0 saturated carbocycles. The summed E-state index contributed by atoms with van der Waals surface area (Å²) in [6, 6.07) is 13.6. The fraction of sp³-hybridized carbons (Fsp3) is 0.476. The number of amides is 1. The maximum Gasteiger partial charge on any atom is 0.263 e. The second kappa shape index (κ2) is 18.6. The first-order chi connectivity index (χ1) is 25.6. The Morgan fingerprint density at radius 1 is 0.833 bits per heavy atom. The first-order valence-corrected chi connectivity index (χ1v) is 19.2. The van der Waals surface area contributed by atoms with Crippen molar-refractivity contribution in [2.24, 2.45) is 0 Å². The maximum absolute atomic E-state index is 14.2. The number of anilines is 1. The van der Waals surface area contributed by atoms with Crippen molar-refractivity contribution >= 4 is 22.5 Å². The number of piperazine rings is 3. The highest BCUT2D eigenvalue weighted by Gasteiger charge is 2.37. The highest BCUT2D eigenvalue weighted by Crippen LogP contribution is 2.31. The van der Waals surface area contributed by atoms with E-state index >= 15 is 0 Å². The van der Waals surface area contributed by atoms with Gasteiger partial charge < -0.3 is 45.1 Å². The van der Waals surface area contributed by atoms with Crippen LogP contribution in [-0.4, -0.2) is 91.5 Å². The summed E-state index contributed by atoms with van der Waals surface area (Å²) in [5.41, 5.74) is 0.487. The van der Waals surface area contributed by atoms with E-state index < -0.39 is 23.0 Å². The van der Waals surface area contributed by atoms with E-state index in [0.29, 0.717) is 47.1 Å². The molecule has 0 unspecified atom stereocenters. The van der Waals surface area contributed by atoms with Crippen LogP contribution in [0.15, 0.2) is 65.6 Å². The minimum absolute atomic E-state index is 0. The Morgan fingerprint density at radius 2 is 1.50 bits per heavy atom. The Kier molecular flexibility index (Phi) is 14.1. The number of aromatic nitrogens is 1. The quantitative estimate of drug-likeness (QED) is 0.115. The van der Waals surface area contributed by atoms with Crippen LogP contribution in [0, 0.1) is 11.6 Å². The second-order valence-electron chi connectivity index (χ2n) is 14.6. The fourth-order valence-corrected chi connectivity index (χ4v) is 7.67. The molecule has 1 amide bonds. The van der Waals surface area contributed by atoms with Gasteiger partial charge in [-0.15, -0.1) is 0 Å². The lowest BCUT2D eigenvalue weighted by molar-refractivity contribution is -0.941. The maximum atomic E-state index is 14.2. The third-order valence-corrected chi connectivity index (χ3v) is 10.5. The number of nitrogens with zero attached hydrogens (tertiary/aromatic N) is 4. The van der Waals surface area contributed by atoms with Gasteiger partial charge in [-0.2, -0.15) is 0 Å². The predicted octanol–water partition coefficient (Wildman–Crippen LogP) is 4.60. The van der Waals surface area contributed by atoms with Gasteiger partial charge in [-0.1, -0.05) is 12.8 Å². The zero-order chi connectivity index (χ0) is 37.5. The van der Waals surface area contributed by atoms with Crippen LogP contribution in [0.3, 0.4) is 0 Å². The third kappa shape index (κ3) is 9.80. The van der Waals surface area contributed by atoms with Crippen molar-refractivity contribution in [3.63, 3.8) is 0 Å². The van der Waals surface area contributed by atoms with E-state index in [2.05, 4.69) is 4.90 Å². The second-order valence-corrected chi connectivity index (χ2v) is 14.6. The Bertz CT molecular complexity index is 1930. The van der Waals surface area contributed by atoms with Crippen molar-refractivity contribution in [2.45, 2.75) is 65.9 Å². The van der Waals surface area contributed by atoms with Gasteiger partial charge in [-0.3, -0.25) is 14.5 Å². The van der Waals surface area contributed by atoms with Crippen LogP contribution < -0.4 is 41.5 Å². The molecular weight excluding hydrogens is 758 g/mol. The van der Waals surface area contributed by atoms with Crippen molar-refractivity contribution in [3.05, 3.63) is 88.2 Å². The number of benzene rings is 3. The molecule has 4 heterocycles. The molecular formula is C42H53BrF2N4O5. The summed E-state index contributed by atoms with van der Waals surface area (Å²) in [5, 5.41) is 0.291. The molecule has 0 radical (unpaired) electrons. The van der Waals surface area contributed by atoms with Crippen LogP contribution in [0.25, 0.3) is 16.6 Å². The van der Waals surface area contributed by atoms with Crippen LogP contribution in [0.1, 0.15) is 70.2 Å². The molecule has 3 saturated heterocycles. The molecule has 0 N–H and O–H groups in total. The Hall–Kier alpha value is -4.00. The molecule has 0 spiro atoms. The lowest BCUT2D eigenvalue weighted by atomic mass is 10.1. The summed E-state index contributed by atoms with van der Waals surface area (Å²) in [7, 11) is 0. The van der Waals surface area contributed by atoms with Gasteiger partial charge in [0.15, 0.2) is 0 Å².